The number of cyclic esters (lactones) is 1. The molecule has 4 amide bonds. The van der Waals surface area contributed by atoms with E-state index >= 15 is 0 Å². The quantitative estimate of drug-likeness (QED) is 0.174. The maximum atomic E-state index is 14.7. The van der Waals surface area contributed by atoms with Gasteiger partial charge in [0.1, 0.15) is 18.1 Å². The molecule has 7 rings (SSSR count). The summed E-state index contributed by atoms with van der Waals surface area (Å²) in [4.78, 5) is 72.6. The number of fused-ring (bicyclic) bond motifs is 6. The lowest BCUT2D eigenvalue weighted by Gasteiger charge is -2.37. The Morgan fingerprint density at radius 3 is 2.55 bits per heavy atom. The molecule has 3 aromatic heterocycles. The summed E-state index contributed by atoms with van der Waals surface area (Å²) in [6, 6.07) is 8.03. The normalized spacial score (nSPS) is 21.8. The molecule has 4 aromatic rings. The van der Waals surface area contributed by atoms with E-state index in [2.05, 4.69) is 79.3 Å². The van der Waals surface area contributed by atoms with E-state index in [0.717, 1.165) is 63.9 Å². The van der Waals surface area contributed by atoms with Gasteiger partial charge < -0.3 is 34.1 Å². The number of likely N-dealkylation sites (tertiary alicyclic amines) is 1. The minimum atomic E-state index is -1.04. The fourth-order valence-electron chi connectivity index (χ4n) is 9.88. The van der Waals surface area contributed by atoms with Crippen LogP contribution >= 0.6 is 11.3 Å². The third kappa shape index (κ3) is 10.4. The number of pyridine rings is 1. The number of amides is 4. The first-order valence-electron chi connectivity index (χ1n) is 23.3. The second kappa shape index (κ2) is 20.3. The Morgan fingerprint density at radius 1 is 1.06 bits per heavy atom. The van der Waals surface area contributed by atoms with E-state index < -0.39 is 35.4 Å². The highest BCUT2D eigenvalue weighted by Gasteiger charge is 2.39. The molecule has 0 radical (unpaired) electrons. The summed E-state index contributed by atoms with van der Waals surface area (Å²) >= 11 is 1.44. The van der Waals surface area contributed by atoms with Gasteiger partial charge in [-0.3, -0.25) is 24.4 Å². The number of aromatic nitrogens is 3. The number of nitrogens with zero attached hydrogens (tertiary/aromatic N) is 7. The number of thiazole rings is 1. The van der Waals surface area contributed by atoms with Gasteiger partial charge in [-0.05, 0) is 102 Å². The number of methoxy groups -OCH3 is 1. The Balaban J connectivity index is 1.26. The third-order valence-electron chi connectivity index (χ3n) is 13.5. The zero-order valence-corrected chi connectivity index (χ0v) is 40.8. The first kappa shape index (κ1) is 48.0. The molecule has 0 aliphatic carbocycles. The summed E-state index contributed by atoms with van der Waals surface area (Å²) in [6.45, 7) is 14.6. The summed E-state index contributed by atoms with van der Waals surface area (Å²) in [5, 5.41) is 8.26. The number of ether oxygens (including phenoxy) is 2. The minimum absolute atomic E-state index is 0.114. The smallest absolute Gasteiger partial charge is 0.324 e. The van der Waals surface area contributed by atoms with Gasteiger partial charge in [0.2, 0.25) is 5.91 Å². The van der Waals surface area contributed by atoms with Gasteiger partial charge in [0, 0.05) is 91.8 Å². The standard InChI is InChI=1S/C49H69N9O6S/c1-11-57-40-19-18-32-25-35(40)36(44(57)34-16-12-21-50-42(34)31(4)63-10)27-49(5,6)29-64-47(61)37-17-14-23-58(53-37)46(60)38(26-41-51-39(32)28-65-41)52-45(59)43(30(2)3)55(9)48(62)56-22-13-15-33(20-24-56)54(7)8/h12,16,18-19,21,25,28,30-31,33,37-38,43,53H,11,13-15,17,20,22-24,26-27,29H2,1-10H3,(H,52,59)/t31-,33+,37-,38-,43-/m0/s1. The van der Waals surface area contributed by atoms with Crippen LogP contribution in [0.15, 0.2) is 41.9 Å². The van der Waals surface area contributed by atoms with Gasteiger partial charge in [-0.2, -0.15) is 0 Å². The van der Waals surface area contributed by atoms with Crippen molar-refractivity contribution in [1.29, 1.82) is 0 Å². The number of rotatable bonds is 9. The fourth-order valence-corrected chi connectivity index (χ4v) is 10.7. The van der Waals surface area contributed by atoms with Crippen LogP contribution in [-0.2, 0) is 43.2 Å². The van der Waals surface area contributed by atoms with Crippen LogP contribution in [0.1, 0.15) is 96.0 Å². The molecule has 0 saturated carbocycles. The number of carbonyl (C=O) groups excluding carboxylic acids is 4. The van der Waals surface area contributed by atoms with Gasteiger partial charge in [0.25, 0.3) is 5.91 Å². The van der Waals surface area contributed by atoms with Gasteiger partial charge in [-0.25, -0.2) is 15.2 Å². The van der Waals surface area contributed by atoms with Gasteiger partial charge in [-0.1, -0.05) is 33.8 Å². The fraction of sp³-hybridized carbons (Fsp3) is 0.592. The Labute approximate surface area is 388 Å². The molecule has 2 fully saturated rings. The van der Waals surface area contributed by atoms with Gasteiger partial charge in [-0.15, -0.1) is 11.3 Å². The number of nitrogens with one attached hydrogen (secondary N) is 2. The SMILES string of the molecule is CCn1c(-c2cccnc2[C@H](C)OC)c2c3cc(ccc31)-c1csc(n1)C[C@H](NC(=O)[C@H](C(C)C)N(C)C(=O)N1CCC[C@@H](N(C)C)CC1)C(=O)N1CCC[C@H](N1)C(=O)OCC(C)(C)C2. The Kier molecular flexibility index (Phi) is 15.0. The number of hydrazine groups is 1. The topological polar surface area (TPSA) is 154 Å². The Bertz CT molecular complexity index is 2360. The third-order valence-corrected chi connectivity index (χ3v) is 14.3. The summed E-state index contributed by atoms with van der Waals surface area (Å²) < 4.78 is 14.3. The number of aryl methyl sites for hydroxylation is 1. The predicted octanol–water partition coefficient (Wildman–Crippen LogP) is 6.70. The molecule has 15 nitrogen and oxygen atoms in total. The molecule has 65 heavy (non-hydrogen) atoms. The highest BCUT2D eigenvalue weighted by Crippen LogP contribution is 2.42. The van der Waals surface area contributed by atoms with Crippen LogP contribution in [-0.4, -0.2) is 137 Å². The molecule has 0 spiro atoms. The van der Waals surface area contributed by atoms with Crippen molar-refractivity contribution in [1.82, 2.24) is 45.0 Å². The molecule has 16 heteroatoms. The van der Waals surface area contributed by atoms with Crippen LogP contribution in [0.5, 0.6) is 0 Å². The number of hydrogen-bond acceptors (Lipinski definition) is 11. The van der Waals surface area contributed by atoms with Crippen molar-refractivity contribution in [3.8, 4) is 22.5 Å². The average Bonchev–Trinajstić information content (AvgIpc) is 3.78. The summed E-state index contributed by atoms with van der Waals surface area (Å²) in [7, 11) is 7.51. The molecule has 0 unspecified atom stereocenters. The van der Waals surface area contributed by atoms with E-state index in [1.807, 2.05) is 37.1 Å². The molecule has 2 N–H and O–H groups in total. The van der Waals surface area contributed by atoms with E-state index in [0.29, 0.717) is 56.5 Å². The van der Waals surface area contributed by atoms with Crippen LogP contribution in [0.4, 0.5) is 4.79 Å². The van der Waals surface area contributed by atoms with E-state index in [-0.39, 0.29) is 37.0 Å². The molecule has 6 heterocycles. The van der Waals surface area contributed by atoms with Crippen molar-refractivity contribution < 1.29 is 28.7 Å². The molecule has 1 aromatic carbocycles. The Morgan fingerprint density at radius 2 is 1.83 bits per heavy atom. The number of likely N-dealkylation sites (N-methyl/N-ethyl adjacent to an activating group) is 1. The molecular formula is C49H69N9O6S. The lowest BCUT2D eigenvalue weighted by molar-refractivity contribution is -0.155. The molecule has 352 valence electrons. The maximum Gasteiger partial charge on any atom is 0.324 e. The number of urea groups is 1. The summed E-state index contributed by atoms with van der Waals surface area (Å²) in [6.07, 6.45) is 6.05. The van der Waals surface area contributed by atoms with Crippen molar-refractivity contribution in [2.45, 2.75) is 123 Å². The summed E-state index contributed by atoms with van der Waals surface area (Å²) in [5.74, 6) is -1.49. The number of benzene rings is 1. The predicted molar refractivity (Wildman–Crippen MR) is 254 cm³/mol. The molecule has 3 aliphatic heterocycles. The first-order chi connectivity index (χ1) is 31.0. The zero-order chi connectivity index (χ0) is 46.7. The van der Waals surface area contributed by atoms with E-state index in [4.69, 9.17) is 19.4 Å². The Hall–Kier alpha value is -4.90. The van der Waals surface area contributed by atoms with Gasteiger partial charge in [0.05, 0.1) is 34.8 Å². The van der Waals surface area contributed by atoms with E-state index in [9.17, 15) is 19.2 Å². The van der Waals surface area contributed by atoms with Crippen molar-refractivity contribution >= 4 is 46.1 Å². The largest absolute Gasteiger partial charge is 0.464 e. The molecule has 2 saturated heterocycles. The average molecular weight is 912 g/mol. The van der Waals surface area contributed by atoms with Crippen LogP contribution in [0.2, 0.25) is 0 Å². The number of hydrogen-bond donors (Lipinski definition) is 2. The van der Waals surface area contributed by atoms with Crippen molar-refractivity contribution in [3.63, 3.8) is 0 Å². The highest BCUT2D eigenvalue weighted by molar-refractivity contribution is 7.10. The lowest BCUT2D eigenvalue weighted by atomic mass is 9.84. The molecule has 5 atom stereocenters. The highest BCUT2D eigenvalue weighted by atomic mass is 32.1. The molecule has 3 aliphatic rings. The van der Waals surface area contributed by atoms with Crippen molar-refractivity contribution in [2.75, 3.05) is 54.5 Å². The molecular weight excluding hydrogens is 843 g/mol. The van der Waals surface area contributed by atoms with Gasteiger partial charge in [0.15, 0.2) is 0 Å². The van der Waals surface area contributed by atoms with Crippen LogP contribution < -0.4 is 10.7 Å². The van der Waals surface area contributed by atoms with Crippen LogP contribution in [0, 0.1) is 11.3 Å². The zero-order valence-electron chi connectivity index (χ0n) is 40.0. The minimum Gasteiger partial charge on any atom is -0.464 e. The monoisotopic (exact) mass is 912 g/mol. The molecule has 6 bridgehead atoms. The second-order valence-electron chi connectivity index (χ2n) is 19.4. The number of carbonyl (C=O) groups is 4. The van der Waals surface area contributed by atoms with E-state index in [1.54, 1.807) is 20.4 Å². The lowest BCUT2D eigenvalue weighted by Crippen LogP contribution is -2.62. The van der Waals surface area contributed by atoms with Crippen molar-refractivity contribution in [3.05, 3.63) is 58.2 Å². The summed E-state index contributed by atoms with van der Waals surface area (Å²) in [5.41, 5.74) is 9.42. The van der Waals surface area contributed by atoms with Crippen molar-refractivity contribution in [2.24, 2.45) is 11.3 Å². The first-order valence-corrected chi connectivity index (χ1v) is 24.2. The maximum absolute atomic E-state index is 14.7. The second-order valence-corrected chi connectivity index (χ2v) is 20.3. The van der Waals surface area contributed by atoms with Crippen LogP contribution in [0.3, 0.4) is 0 Å². The van der Waals surface area contributed by atoms with Gasteiger partial charge >= 0.3 is 12.0 Å². The van der Waals surface area contributed by atoms with E-state index in [1.165, 1.54) is 21.2 Å². The number of esters is 1. The van der Waals surface area contributed by atoms with Crippen LogP contribution in [0.25, 0.3) is 33.4 Å².